The van der Waals surface area contributed by atoms with Crippen LogP contribution in [0.5, 0.6) is 5.88 Å². The molecule has 0 atom stereocenters. The Labute approximate surface area is 121 Å². The quantitative estimate of drug-likeness (QED) is 0.681. The van der Waals surface area contributed by atoms with E-state index >= 15 is 0 Å². The van der Waals surface area contributed by atoms with E-state index in [2.05, 4.69) is 17.9 Å². The van der Waals surface area contributed by atoms with Gasteiger partial charge in [0.1, 0.15) is 6.61 Å². The van der Waals surface area contributed by atoms with Crippen molar-refractivity contribution in [3.8, 4) is 5.88 Å². The molecule has 0 unspecified atom stereocenters. The fraction of sp³-hybridized carbons (Fsp3) is 0.231. The van der Waals surface area contributed by atoms with Crippen molar-refractivity contribution in [2.24, 2.45) is 0 Å². The van der Waals surface area contributed by atoms with E-state index in [0.29, 0.717) is 11.4 Å². The fourth-order valence-electron chi connectivity index (χ4n) is 1.84. The van der Waals surface area contributed by atoms with E-state index in [4.69, 9.17) is 16.3 Å². The lowest BCUT2D eigenvalue weighted by Gasteiger charge is -2.11. The minimum Gasteiger partial charge on any atom is -0.472 e. The van der Waals surface area contributed by atoms with Gasteiger partial charge in [-0.1, -0.05) is 19.1 Å². The van der Waals surface area contributed by atoms with Crippen LogP contribution in [-0.4, -0.2) is 14.4 Å². The van der Waals surface area contributed by atoms with Crippen LogP contribution in [0.1, 0.15) is 28.4 Å². The third kappa shape index (κ3) is 3.30. The van der Waals surface area contributed by atoms with Crippen LogP contribution in [0.4, 0.5) is 0 Å². The third-order valence-corrected chi connectivity index (χ3v) is 3.21. The van der Waals surface area contributed by atoms with Gasteiger partial charge < -0.3 is 4.74 Å². The second kappa shape index (κ2) is 6.12. The van der Waals surface area contributed by atoms with Gasteiger partial charge in [-0.25, -0.2) is 4.09 Å². The molecule has 6 heteroatoms. The molecule has 4 nitrogen and oxygen atoms in total. The average Bonchev–Trinajstić information content (AvgIpc) is 2.81. The van der Waals surface area contributed by atoms with Gasteiger partial charge in [-0.3, -0.25) is 4.79 Å². The smallest absolute Gasteiger partial charge is 0.252 e. The minimum atomic E-state index is -0.478. The number of hydrogen-bond donors (Lipinski definition) is 1. The number of carbonyl (C=O) groups excluding carboxylic acids is 1. The molecule has 2 aromatic rings. The molecule has 0 spiro atoms. The van der Waals surface area contributed by atoms with Gasteiger partial charge in [0, 0.05) is 23.4 Å². The summed E-state index contributed by atoms with van der Waals surface area (Å²) >= 11 is 9.62. The zero-order valence-corrected chi connectivity index (χ0v) is 12.0. The molecule has 0 saturated heterocycles. The molecule has 0 fully saturated rings. The van der Waals surface area contributed by atoms with Crippen LogP contribution in [-0.2, 0) is 13.0 Å². The first-order chi connectivity index (χ1) is 9.11. The molecule has 2 rings (SSSR count). The fourth-order valence-corrected chi connectivity index (χ4v) is 2.17. The molecule has 0 amide bonds. The third-order valence-electron chi connectivity index (χ3n) is 2.78. The average molecular weight is 297 g/mol. The number of rotatable bonds is 5. The SMILES string of the molecule is CCc1cccc(C(=O)Cl)c1COc1ccn(S)n1. The normalized spacial score (nSPS) is 10.5. The van der Waals surface area contributed by atoms with Crippen LogP contribution in [0.25, 0.3) is 0 Å². The summed E-state index contributed by atoms with van der Waals surface area (Å²) in [6.45, 7) is 2.27. The molecule has 0 N–H and O–H groups in total. The summed E-state index contributed by atoms with van der Waals surface area (Å²) in [5.74, 6) is 0.453. The van der Waals surface area contributed by atoms with E-state index in [0.717, 1.165) is 17.5 Å². The van der Waals surface area contributed by atoms with Crippen LogP contribution in [0.15, 0.2) is 30.5 Å². The van der Waals surface area contributed by atoms with Crippen LogP contribution < -0.4 is 4.74 Å². The highest BCUT2D eigenvalue weighted by molar-refractivity contribution is 7.78. The predicted octanol–water partition coefficient (Wildman–Crippen LogP) is 3.10. The minimum absolute atomic E-state index is 0.253. The molecule has 1 heterocycles. The highest BCUT2D eigenvalue weighted by Gasteiger charge is 2.13. The molecular weight excluding hydrogens is 284 g/mol. The van der Waals surface area contributed by atoms with E-state index in [-0.39, 0.29) is 6.61 Å². The summed E-state index contributed by atoms with van der Waals surface area (Å²) in [6, 6.07) is 7.17. The molecule has 0 bridgehead atoms. The Hall–Kier alpha value is -1.46. The maximum atomic E-state index is 11.4. The first kappa shape index (κ1) is 14.0. The molecule has 100 valence electrons. The van der Waals surface area contributed by atoms with Gasteiger partial charge in [0.05, 0.1) is 0 Å². The lowest BCUT2D eigenvalue weighted by atomic mass is 10.0. The van der Waals surface area contributed by atoms with Gasteiger partial charge in [0.15, 0.2) is 0 Å². The molecule has 19 heavy (non-hydrogen) atoms. The maximum Gasteiger partial charge on any atom is 0.252 e. The number of halogens is 1. The van der Waals surface area contributed by atoms with Crippen molar-refractivity contribution < 1.29 is 9.53 Å². The molecule has 0 aliphatic rings. The predicted molar refractivity (Wildman–Crippen MR) is 76.9 cm³/mol. The van der Waals surface area contributed by atoms with Crippen molar-refractivity contribution in [3.63, 3.8) is 0 Å². The van der Waals surface area contributed by atoms with E-state index in [1.165, 1.54) is 4.09 Å². The first-order valence-corrected chi connectivity index (χ1v) is 6.58. The van der Waals surface area contributed by atoms with Crippen molar-refractivity contribution in [2.75, 3.05) is 0 Å². The Morgan fingerprint density at radius 2 is 2.26 bits per heavy atom. The number of nitrogens with zero attached hydrogens (tertiary/aromatic N) is 2. The summed E-state index contributed by atoms with van der Waals surface area (Å²) in [4.78, 5) is 11.4. The van der Waals surface area contributed by atoms with E-state index in [1.807, 2.05) is 19.1 Å². The number of hydrogen-bond acceptors (Lipinski definition) is 4. The molecule has 1 aromatic carbocycles. The van der Waals surface area contributed by atoms with Crippen LogP contribution in [0.2, 0.25) is 0 Å². The molecule has 0 aliphatic heterocycles. The van der Waals surface area contributed by atoms with Crippen molar-refractivity contribution in [1.29, 1.82) is 0 Å². The summed E-state index contributed by atoms with van der Waals surface area (Å²) in [7, 11) is 0. The topological polar surface area (TPSA) is 44.1 Å². The van der Waals surface area contributed by atoms with Crippen molar-refractivity contribution in [1.82, 2.24) is 9.19 Å². The second-order valence-corrected chi connectivity index (χ2v) is 4.69. The van der Waals surface area contributed by atoms with Gasteiger partial charge in [0.2, 0.25) is 5.88 Å². The largest absolute Gasteiger partial charge is 0.472 e. The van der Waals surface area contributed by atoms with Gasteiger partial charge in [0.25, 0.3) is 5.24 Å². The molecule has 0 aliphatic carbocycles. The first-order valence-electron chi connectivity index (χ1n) is 5.80. The maximum absolute atomic E-state index is 11.4. The van der Waals surface area contributed by atoms with Gasteiger partial charge in [-0.15, -0.1) is 5.10 Å². The Morgan fingerprint density at radius 1 is 1.47 bits per heavy atom. The van der Waals surface area contributed by atoms with Gasteiger partial charge >= 0.3 is 0 Å². The Morgan fingerprint density at radius 3 is 2.84 bits per heavy atom. The highest BCUT2D eigenvalue weighted by atomic mass is 35.5. The molecule has 0 saturated carbocycles. The number of ether oxygens (including phenoxy) is 1. The van der Waals surface area contributed by atoms with E-state index < -0.39 is 5.24 Å². The summed E-state index contributed by atoms with van der Waals surface area (Å²) < 4.78 is 6.91. The summed E-state index contributed by atoms with van der Waals surface area (Å²) in [5.41, 5.74) is 2.32. The summed E-state index contributed by atoms with van der Waals surface area (Å²) in [5, 5.41) is 3.52. The lowest BCUT2D eigenvalue weighted by Crippen LogP contribution is -2.06. The van der Waals surface area contributed by atoms with Gasteiger partial charge in [-0.05, 0) is 42.5 Å². The monoisotopic (exact) mass is 296 g/mol. The van der Waals surface area contributed by atoms with Crippen molar-refractivity contribution in [2.45, 2.75) is 20.0 Å². The van der Waals surface area contributed by atoms with E-state index in [1.54, 1.807) is 18.3 Å². The Kier molecular flexibility index (Phi) is 4.50. The zero-order valence-electron chi connectivity index (χ0n) is 10.3. The van der Waals surface area contributed by atoms with Crippen molar-refractivity contribution in [3.05, 3.63) is 47.2 Å². The van der Waals surface area contributed by atoms with Crippen LogP contribution >= 0.6 is 24.4 Å². The molecule has 0 radical (unpaired) electrons. The van der Waals surface area contributed by atoms with Crippen molar-refractivity contribution >= 4 is 29.7 Å². The van der Waals surface area contributed by atoms with Gasteiger partial charge in [-0.2, -0.15) is 0 Å². The molecule has 1 aromatic heterocycles. The highest BCUT2D eigenvalue weighted by Crippen LogP contribution is 2.20. The number of aryl methyl sites for hydroxylation is 1. The van der Waals surface area contributed by atoms with E-state index in [9.17, 15) is 4.79 Å². The summed E-state index contributed by atoms with van der Waals surface area (Å²) in [6.07, 6.45) is 2.47. The number of benzene rings is 1. The number of carbonyl (C=O) groups is 1. The second-order valence-electron chi connectivity index (χ2n) is 3.93. The standard InChI is InChI=1S/C13H13ClN2O2S/c1-2-9-4-3-5-10(13(14)17)11(9)8-18-12-6-7-16(19)15-12/h3-7,19H,2,8H2,1H3. The number of thiol groups is 1. The lowest BCUT2D eigenvalue weighted by molar-refractivity contribution is 0.107. The van der Waals surface area contributed by atoms with Crippen LogP contribution in [0, 0.1) is 0 Å². The van der Waals surface area contributed by atoms with Crippen LogP contribution in [0.3, 0.4) is 0 Å². The Balaban J connectivity index is 2.25. The number of aromatic nitrogens is 2. The Bertz CT molecular complexity index is 598. The zero-order chi connectivity index (χ0) is 13.8. The molecular formula is C13H13ClN2O2S.